The molecule has 0 amide bonds. The number of imidazole rings is 1. The molecule has 0 saturated heterocycles. The van der Waals surface area contributed by atoms with Gasteiger partial charge in [-0.15, -0.1) is 0 Å². The summed E-state index contributed by atoms with van der Waals surface area (Å²) in [6.45, 7) is 2.02. The van der Waals surface area contributed by atoms with E-state index in [1.54, 1.807) is 0 Å². The molecule has 0 bridgehead atoms. The van der Waals surface area contributed by atoms with Crippen molar-refractivity contribution in [1.29, 1.82) is 0 Å². The number of aryl methyl sites for hydroxylation is 1. The highest BCUT2D eigenvalue weighted by Gasteiger charge is 2.03. The third-order valence-corrected chi connectivity index (χ3v) is 2.14. The Hall–Kier alpha value is -2.04. The zero-order valence-electron chi connectivity index (χ0n) is 8.38. The van der Waals surface area contributed by atoms with Gasteiger partial charge in [0.05, 0.1) is 12.1 Å². The van der Waals surface area contributed by atoms with E-state index in [0.29, 0.717) is 6.42 Å². The first-order chi connectivity index (χ1) is 7.19. The molecule has 0 aliphatic heterocycles. The van der Waals surface area contributed by atoms with Gasteiger partial charge < -0.3 is 15.3 Å². The largest absolute Gasteiger partial charge is 0.409 e. The van der Waals surface area contributed by atoms with E-state index in [-0.39, 0.29) is 5.84 Å². The SMILES string of the molecule is Cc1ccc2nc(C/C(N)=N/O)cn2c1. The maximum atomic E-state index is 8.44. The molecule has 0 radical (unpaired) electrons. The van der Waals surface area contributed by atoms with Crippen LogP contribution in [0.25, 0.3) is 5.65 Å². The molecule has 15 heavy (non-hydrogen) atoms. The summed E-state index contributed by atoms with van der Waals surface area (Å²) in [6.07, 6.45) is 4.22. The van der Waals surface area contributed by atoms with Crippen molar-refractivity contribution in [2.75, 3.05) is 0 Å². The van der Waals surface area contributed by atoms with E-state index in [1.165, 1.54) is 0 Å². The molecule has 0 aromatic carbocycles. The van der Waals surface area contributed by atoms with Gasteiger partial charge in [-0.3, -0.25) is 0 Å². The molecule has 0 aliphatic rings. The molecule has 2 aromatic heterocycles. The molecule has 2 rings (SSSR count). The van der Waals surface area contributed by atoms with E-state index in [1.807, 2.05) is 35.9 Å². The summed E-state index contributed by atoms with van der Waals surface area (Å²) in [7, 11) is 0. The van der Waals surface area contributed by atoms with Crippen LogP contribution in [0.3, 0.4) is 0 Å². The molecule has 0 saturated carbocycles. The standard InChI is InChI=1S/C10H12N4O/c1-7-2-3-10-12-8(4-9(11)13-15)6-14(10)5-7/h2-3,5-6,15H,4H2,1H3,(H2,11,13). The van der Waals surface area contributed by atoms with Crippen molar-refractivity contribution in [2.24, 2.45) is 10.9 Å². The predicted molar refractivity (Wildman–Crippen MR) is 57.0 cm³/mol. The number of aromatic nitrogens is 2. The van der Waals surface area contributed by atoms with Crippen LogP contribution in [0.1, 0.15) is 11.3 Å². The second kappa shape index (κ2) is 3.61. The van der Waals surface area contributed by atoms with Crippen LogP contribution in [0.5, 0.6) is 0 Å². The first-order valence-corrected chi connectivity index (χ1v) is 4.59. The highest BCUT2D eigenvalue weighted by atomic mass is 16.4. The second-order valence-electron chi connectivity index (χ2n) is 3.47. The number of nitrogens with zero attached hydrogens (tertiary/aromatic N) is 3. The molecule has 0 fully saturated rings. The molecule has 5 heteroatoms. The number of hydrogen-bond acceptors (Lipinski definition) is 3. The third-order valence-electron chi connectivity index (χ3n) is 2.14. The van der Waals surface area contributed by atoms with E-state index >= 15 is 0 Å². The lowest BCUT2D eigenvalue weighted by Gasteiger charge is -1.93. The van der Waals surface area contributed by atoms with Crippen molar-refractivity contribution in [1.82, 2.24) is 9.38 Å². The molecular formula is C10H12N4O. The Labute approximate surface area is 86.8 Å². The van der Waals surface area contributed by atoms with Gasteiger partial charge >= 0.3 is 0 Å². The van der Waals surface area contributed by atoms with Gasteiger partial charge in [0, 0.05) is 12.4 Å². The number of nitrogens with two attached hydrogens (primary N) is 1. The zero-order valence-corrected chi connectivity index (χ0v) is 8.38. The van der Waals surface area contributed by atoms with Crippen molar-refractivity contribution in [2.45, 2.75) is 13.3 Å². The highest BCUT2D eigenvalue weighted by Crippen LogP contribution is 2.07. The maximum Gasteiger partial charge on any atom is 0.145 e. The van der Waals surface area contributed by atoms with E-state index in [2.05, 4.69) is 10.1 Å². The summed E-state index contributed by atoms with van der Waals surface area (Å²) in [5.74, 6) is 0.162. The predicted octanol–water partition coefficient (Wildman–Crippen LogP) is 0.932. The van der Waals surface area contributed by atoms with Crippen LogP contribution in [0.15, 0.2) is 29.7 Å². The number of pyridine rings is 1. The molecule has 0 atom stereocenters. The number of hydrogen-bond donors (Lipinski definition) is 2. The van der Waals surface area contributed by atoms with Crippen LogP contribution >= 0.6 is 0 Å². The minimum Gasteiger partial charge on any atom is -0.409 e. The normalized spacial score (nSPS) is 12.2. The molecular weight excluding hydrogens is 192 g/mol. The summed E-state index contributed by atoms with van der Waals surface area (Å²) in [5.41, 5.74) is 8.22. The number of rotatable bonds is 2. The third kappa shape index (κ3) is 1.90. The first kappa shape index (κ1) is 9.51. The Balaban J connectivity index is 2.39. The lowest BCUT2D eigenvalue weighted by molar-refractivity contribution is 0.317. The quantitative estimate of drug-likeness (QED) is 0.331. The molecule has 0 aliphatic carbocycles. The summed E-state index contributed by atoms with van der Waals surface area (Å²) in [4.78, 5) is 4.33. The van der Waals surface area contributed by atoms with Crippen molar-refractivity contribution >= 4 is 11.5 Å². The average Bonchev–Trinajstić information content (AvgIpc) is 2.59. The molecule has 0 spiro atoms. The Morgan fingerprint density at radius 3 is 3.07 bits per heavy atom. The summed E-state index contributed by atoms with van der Waals surface area (Å²) in [6, 6.07) is 3.93. The van der Waals surface area contributed by atoms with Gasteiger partial charge in [0.2, 0.25) is 0 Å². The lowest BCUT2D eigenvalue weighted by atomic mass is 10.3. The minimum absolute atomic E-state index is 0.162. The molecule has 3 N–H and O–H groups in total. The molecule has 5 nitrogen and oxygen atoms in total. The topological polar surface area (TPSA) is 75.9 Å². The Kier molecular flexibility index (Phi) is 2.29. The van der Waals surface area contributed by atoms with Gasteiger partial charge in [-0.1, -0.05) is 11.2 Å². The van der Waals surface area contributed by atoms with Crippen LogP contribution in [0.4, 0.5) is 0 Å². The smallest absolute Gasteiger partial charge is 0.145 e. The van der Waals surface area contributed by atoms with Crippen molar-refractivity contribution in [3.63, 3.8) is 0 Å². The Bertz CT molecular complexity index is 515. The Morgan fingerprint density at radius 2 is 2.33 bits per heavy atom. The molecule has 0 unspecified atom stereocenters. The van der Waals surface area contributed by atoms with Crippen LogP contribution in [0.2, 0.25) is 0 Å². The summed E-state index contributed by atoms with van der Waals surface area (Å²) < 4.78 is 1.93. The van der Waals surface area contributed by atoms with Crippen molar-refractivity contribution in [3.05, 3.63) is 35.8 Å². The minimum atomic E-state index is 0.162. The monoisotopic (exact) mass is 204 g/mol. The van der Waals surface area contributed by atoms with Crippen LogP contribution in [0, 0.1) is 6.92 Å². The van der Waals surface area contributed by atoms with Gasteiger partial charge in [0.25, 0.3) is 0 Å². The number of oxime groups is 1. The number of fused-ring (bicyclic) bond motifs is 1. The van der Waals surface area contributed by atoms with Gasteiger partial charge in [0.15, 0.2) is 0 Å². The van der Waals surface area contributed by atoms with E-state index in [9.17, 15) is 0 Å². The van der Waals surface area contributed by atoms with Crippen LogP contribution in [-0.4, -0.2) is 20.4 Å². The van der Waals surface area contributed by atoms with E-state index in [4.69, 9.17) is 10.9 Å². The maximum absolute atomic E-state index is 8.44. The molecule has 2 aromatic rings. The molecule has 2 heterocycles. The van der Waals surface area contributed by atoms with Gasteiger partial charge in [0.1, 0.15) is 11.5 Å². The van der Waals surface area contributed by atoms with Crippen LogP contribution < -0.4 is 5.73 Å². The first-order valence-electron chi connectivity index (χ1n) is 4.59. The Morgan fingerprint density at radius 1 is 1.53 bits per heavy atom. The van der Waals surface area contributed by atoms with E-state index < -0.39 is 0 Å². The van der Waals surface area contributed by atoms with Gasteiger partial charge in [-0.2, -0.15) is 0 Å². The lowest BCUT2D eigenvalue weighted by Crippen LogP contribution is -2.14. The molecule has 78 valence electrons. The van der Waals surface area contributed by atoms with Gasteiger partial charge in [-0.25, -0.2) is 4.98 Å². The van der Waals surface area contributed by atoms with Crippen LogP contribution in [-0.2, 0) is 6.42 Å². The second-order valence-corrected chi connectivity index (χ2v) is 3.47. The fourth-order valence-corrected chi connectivity index (χ4v) is 1.46. The zero-order chi connectivity index (χ0) is 10.8. The number of amidine groups is 1. The highest BCUT2D eigenvalue weighted by molar-refractivity contribution is 5.81. The van der Waals surface area contributed by atoms with Crippen molar-refractivity contribution in [3.8, 4) is 0 Å². The van der Waals surface area contributed by atoms with E-state index in [0.717, 1.165) is 16.9 Å². The average molecular weight is 204 g/mol. The fraction of sp³-hybridized carbons (Fsp3) is 0.200. The summed E-state index contributed by atoms with van der Waals surface area (Å²) >= 11 is 0. The summed E-state index contributed by atoms with van der Waals surface area (Å²) in [5, 5.41) is 11.4. The van der Waals surface area contributed by atoms with Crippen molar-refractivity contribution < 1.29 is 5.21 Å². The fourth-order valence-electron chi connectivity index (χ4n) is 1.46. The van der Waals surface area contributed by atoms with Gasteiger partial charge in [-0.05, 0) is 18.6 Å².